The van der Waals surface area contributed by atoms with Gasteiger partial charge in [0.1, 0.15) is 34.2 Å². The van der Waals surface area contributed by atoms with Crippen molar-refractivity contribution in [1.29, 1.82) is 0 Å². The van der Waals surface area contributed by atoms with Crippen LogP contribution in [0.5, 0.6) is 0 Å². The summed E-state index contributed by atoms with van der Waals surface area (Å²) in [6, 6.07) is 10.9. The molecule has 0 bridgehead atoms. The van der Waals surface area contributed by atoms with Gasteiger partial charge in [0.05, 0.1) is 39.0 Å². The number of aromatic nitrogens is 8. The van der Waals surface area contributed by atoms with E-state index in [2.05, 4.69) is 58.2 Å². The summed E-state index contributed by atoms with van der Waals surface area (Å²) in [4.78, 5) is 138. The van der Waals surface area contributed by atoms with Crippen LogP contribution in [0, 0.1) is 6.92 Å². The standard InChI is InChI=1S/C59H71N19O10S/c1-34-15-20-89-50(34)58(87)67-39-25-45(76(8)31-39)56(85)65-37-23-43(74(6)29-37)54(83)63-35-21-41(72(4)27-35)52(81)61-16-11-13-49(80)69-47-33-78(10)51(70-47)59(88)68-40-26-46(77(9)32-40)57(86)66-38-24-44(75(7)30-38)55(84)64-36-22-42(73(5)28-36)53(82)62-18-14-48(79)60-17-12-19-71(2)3/h15,20-33H,11-14,16-19H2,1-10H3,(H,60,79)(H,61,81)(H,62,82)(H,63,83)(H,64,84)(H,65,85)(H,66,86)(H,67,87)(H,68,88)(H,69,80). The highest BCUT2D eigenvalue weighted by atomic mass is 32.1. The fourth-order valence-corrected chi connectivity index (χ4v) is 10.3. The van der Waals surface area contributed by atoms with E-state index < -0.39 is 47.3 Å². The van der Waals surface area contributed by atoms with Gasteiger partial charge in [0, 0.05) is 125 Å². The Kier molecular flexibility index (Phi) is 20.3. The zero-order valence-corrected chi connectivity index (χ0v) is 51.6. The molecule has 8 aromatic heterocycles. The molecule has 0 radical (unpaired) electrons. The molecule has 0 aliphatic heterocycles. The lowest BCUT2D eigenvalue weighted by Crippen LogP contribution is -2.32. The third-order valence-electron chi connectivity index (χ3n) is 14.0. The molecule has 10 amide bonds. The molecular weight excluding hydrogens is 1170 g/mol. The monoisotopic (exact) mass is 1240 g/mol. The molecule has 0 aliphatic carbocycles. The van der Waals surface area contributed by atoms with Crippen molar-refractivity contribution in [2.45, 2.75) is 32.6 Å². The largest absolute Gasteiger partial charge is 0.356 e. The fraction of sp³-hybridized carbons (Fsp3) is 0.305. The summed E-state index contributed by atoms with van der Waals surface area (Å²) in [7, 11) is 15.3. The second-order valence-corrected chi connectivity index (χ2v) is 22.4. The summed E-state index contributed by atoms with van der Waals surface area (Å²) in [6.07, 6.45) is 12.1. The van der Waals surface area contributed by atoms with Gasteiger partial charge in [-0.3, -0.25) is 47.9 Å². The molecule has 0 saturated carbocycles. The Hall–Kier alpha value is -10.7. The fourth-order valence-electron chi connectivity index (χ4n) is 9.49. The average molecular weight is 1240 g/mol. The Labute approximate surface area is 515 Å². The predicted octanol–water partition coefficient (Wildman–Crippen LogP) is 4.67. The first-order chi connectivity index (χ1) is 42.3. The van der Waals surface area contributed by atoms with E-state index in [4.69, 9.17) is 0 Å². The van der Waals surface area contributed by atoms with Gasteiger partial charge in [-0.1, -0.05) is 0 Å². The van der Waals surface area contributed by atoms with Gasteiger partial charge in [-0.05, 0) is 93.8 Å². The number of amides is 10. The van der Waals surface area contributed by atoms with Crippen LogP contribution in [0.4, 0.5) is 39.9 Å². The number of anilines is 7. The second-order valence-electron chi connectivity index (χ2n) is 21.5. The van der Waals surface area contributed by atoms with Crippen LogP contribution in [0.25, 0.3) is 0 Å². The highest BCUT2D eigenvalue weighted by Gasteiger charge is 2.24. The molecule has 0 unspecified atom stereocenters. The molecule has 0 fully saturated rings. The van der Waals surface area contributed by atoms with E-state index in [0.717, 1.165) is 18.5 Å². The molecule has 468 valence electrons. The van der Waals surface area contributed by atoms with E-state index in [-0.39, 0.29) is 95.7 Å². The molecule has 10 N–H and O–H groups in total. The van der Waals surface area contributed by atoms with Crippen LogP contribution >= 0.6 is 11.3 Å². The van der Waals surface area contributed by atoms with Crippen LogP contribution < -0.4 is 53.2 Å². The molecule has 0 aromatic carbocycles. The normalized spacial score (nSPS) is 11.0. The molecule has 0 aliphatic rings. The number of nitrogens with one attached hydrogen (secondary N) is 10. The molecule has 89 heavy (non-hydrogen) atoms. The maximum Gasteiger partial charge on any atom is 0.291 e. The van der Waals surface area contributed by atoms with Crippen molar-refractivity contribution >= 4 is 110 Å². The van der Waals surface area contributed by atoms with E-state index in [1.807, 2.05) is 37.4 Å². The Bertz CT molecular complexity index is 4030. The van der Waals surface area contributed by atoms with Gasteiger partial charge in [-0.25, -0.2) is 4.98 Å². The smallest absolute Gasteiger partial charge is 0.291 e. The topological polar surface area (TPSA) is 342 Å². The van der Waals surface area contributed by atoms with Crippen molar-refractivity contribution in [3.63, 3.8) is 0 Å². The number of hydrogen-bond acceptors (Lipinski definition) is 13. The van der Waals surface area contributed by atoms with E-state index in [9.17, 15) is 47.9 Å². The lowest BCUT2D eigenvalue weighted by molar-refractivity contribution is -0.121. The van der Waals surface area contributed by atoms with Crippen LogP contribution in [-0.4, -0.2) is 141 Å². The first-order valence-corrected chi connectivity index (χ1v) is 28.9. The SMILES string of the molecule is Cc1ccsc1C(=O)Nc1cc(C(=O)Nc2cc(C(=O)Nc3cc(C(=O)NCCCC(=O)Nc4cn(C)c(C(=O)Nc5cc(C(=O)Nc6cc(C(=O)Nc7cc(C(=O)NCCC(=O)NCCCN(C)C)n(C)c7)n(C)c6)n(C)c5)n4)n(C)c3)n(C)c2)n(C)c1. The maximum atomic E-state index is 13.5. The molecule has 0 atom stereocenters. The molecule has 8 rings (SSSR count). The number of thiophene rings is 1. The zero-order chi connectivity index (χ0) is 64.4. The second kappa shape index (κ2) is 28.2. The van der Waals surface area contributed by atoms with Gasteiger partial charge in [-0.2, -0.15) is 0 Å². The molecule has 30 heteroatoms. The highest BCUT2D eigenvalue weighted by molar-refractivity contribution is 7.12. The quantitative estimate of drug-likeness (QED) is 0.0331. The number of rotatable bonds is 26. The Morgan fingerprint density at radius 3 is 1.18 bits per heavy atom. The Morgan fingerprint density at radius 1 is 0.416 bits per heavy atom. The van der Waals surface area contributed by atoms with Crippen molar-refractivity contribution < 1.29 is 47.9 Å². The lowest BCUT2D eigenvalue weighted by atomic mass is 10.3. The van der Waals surface area contributed by atoms with E-state index in [0.29, 0.717) is 39.9 Å². The van der Waals surface area contributed by atoms with E-state index in [1.54, 1.807) is 105 Å². The number of hydrogen-bond donors (Lipinski definition) is 10. The molecule has 8 heterocycles. The minimum atomic E-state index is -0.629. The number of imidazole rings is 1. The average Bonchev–Trinajstić information content (AvgIpc) is 2.86. The van der Waals surface area contributed by atoms with Crippen LogP contribution in [0.3, 0.4) is 0 Å². The van der Waals surface area contributed by atoms with Gasteiger partial charge in [0.15, 0.2) is 5.82 Å². The van der Waals surface area contributed by atoms with Crippen LogP contribution in [0.1, 0.15) is 114 Å². The van der Waals surface area contributed by atoms with E-state index in [1.165, 1.54) is 67.8 Å². The van der Waals surface area contributed by atoms with Crippen molar-refractivity contribution in [2.24, 2.45) is 49.3 Å². The Morgan fingerprint density at radius 2 is 0.787 bits per heavy atom. The van der Waals surface area contributed by atoms with Crippen molar-refractivity contribution in [3.05, 3.63) is 142 Å². The molecular formula is C59H71N19O10S. The van der Waals surface area contributed by atoms with Crippen molar-refractivity contribution in [3.8, 4) is 0 Å². The van der Waals surface area contributed by atoms with Crippen molar-refractivity contribution in [2.75, 3.05) is 77.5 Å². The highest BCUT2D eigenvalue weighted by Crippen LogP contribution is 2.24. The van der Waals surface area contributed by atoms with Crippen LogP contribution in [0.2, 0.25) is 0 Å². The minimum Gasteiger partial charge on any atom is -0.356 e. The van der Waals surface area contributed by atoms with Gasteiger partial charge < -0.3 is 90.0 Å². The minimum absolute atomic E-state index is 0.00256. The first kappa shape index (κ1) is 64.3. The zero-order valence-electron chi connectivity index (χ0n) is 50.8. The predicted molar refractivity (Wildman–Crippen MR) is 336 cm³/mol. The Balaban J connectivity index is 0.747. The summed E-state index contributed by atoms with van der Waals surface area (Å²) >= 11 is 1.32. The summed E-state index contributed by atoms with van der Waals surface area (Å²) in [5.41, 5.74) is 4.30. The lowest BCUT2D eigenvalue weighted by Gasteiger charge is -2.10. The van der Waals surface area contributed by atoms with Crippen LogP contribution in [-0.2, 0) is 58.9 Å². The molecule has 0 spiro atoms. The maximum absolute atomic E-state index is 13.5. The van der Waals surface area contributed by atoms with Crippen LogP contribution in [0.15, 0.2) is 91.2 Å². The number of carbonyl (C=O) groups excluding carboxylic acids is 10. The molecule has 0 saturated heterocycles. The number of aryl methyl sites for hydroxylation is 8. The summed E-state index contributed by atoms with van der Waals surface area (Å²) in [5.74, 6) is -4.30. The van der Waals surface area contributed by atoms with Gasteiger partial charge in [-0.15, -0.1) is 11.3 Å². The number of nitrogens with zero attached hydrogens (tertiary/aromatic N) is 9. The first-order valence-electron chi connectivity index (χ1n) is 28.0. The third kappa shape index (κ3) is 16.4. The van der Waals surface area contributed by atoms with Gasteiger partial charge in [0.25, 0.3) is 47.3 Å². The summed E-state index contributed by atoms with van der Waals surface area (Å²) in [6.45, 7) is 3.49. The summed E-state index contributed by atoms with van der Waals surface area (Å²) in [5, 5.41) is 29.5. The summed E-state index contributed by atoms with van der Waals surface area (Å²) < 4.78 is 10.7. The van der Waals surface area contributed by atoms with Gasteiger partial charge >= 0.3 is 0 Å². The van der Waals surface area contributed by atoms with Gasteiger partial charge in [0.2, 0.25) is 17.6 Å². The van der Waals surface area contributed by atoms with E-state index >= 15 is 0 Å². The molecule has 8 aromatic rings. The van der Waals surface area contributed by atoms with Crippen molar-refractivity contribution in [1.82, 2.24) is 57.8 Å². The molecule has 29 nitrogen and oxygen atoms in total. The number of carbonyl (C=O) groups is 10. The third-order valence-corrected chi connectivity index (χ3v) is 15.0.